The van der Waals surface area contributed by atoms with Gasteiger partial charge in [-0.1, -0.05) is 36.5 Å². The van der Waals surface area contributed by atoms with Crippen LogP contribution in [0.2, 0.25) is 10.0 Å². The van der Waals surface area contributed by atoms with Crippen LogP contribution in [0.3, 0.4) is 0 Å². The lowest BCUT2D eigenvalue weighted by atomic mass is 10.2. The van der Waals surface area contributed by atoms with Crippen LogP contribution in [0.25, 0.3) is 0 Å². The molecular formula is C11H15Cl2NO3S. The van der Waals surface area contributed by atoms with E-state index in [9.17, 15) is 13.5 Å². The molecule has 7 heteroatoms. The largest absolute Gasteiger partial charge is 0.392 e. The van der Waals surface area contributed by atoms with E-state index in [0.29, 0.717) is 6.42 Å². The van der Waals surface area contributed by atoms with Crippen LogP contribution >= 0.6 is 23.2 Å². The molecule has 1 atom stereocenters. The van der Waals surface area contributed by atoms with E-state index in [1.807, 2.05) is 6.92 Å². The number of aliphatic hydroxyl groups excluding tert-OH is 1. The molecule has 0 heterocycles. The van der Waals surface area contributed by atoms with Crippen molar-refractivity contribution in [2.75, 3.05) is 6.54 Å². The van der Waals surface area contributed by atoms with Crippen molar-refractivity contribution < 1.29 is 13.5 Å². The Kier molecular flexibility index (Phi) is 5.88. The van der Waals surface area contributed by atoms with Crippen molar-refractivity contribution in [2.45, 2.75) is 30.8 Å². The van der Waals surface area contributed by atoms with Gasteiger partial charge in [0.1, 0.15) is 0 Å². The zero-order chi connectivity index (χ0) is 13.8. The molecule has 1 rings (SSSR count). The third kappa shape index (κ3) is 4.74. The number of hydrogen-bond donors (Lipinski definition) is 2. The highest BCUT2D eigenvalue weighted by atomic mass is 35.5. The summed E-state index contributed by atoms with van der Waals surface area (Å²) in [4.78, 5) is -0.0105. The molecule has 18 heavy (non-hydrogen) atoms. The summed E-state index contributed by atoms with van der Waals surface area (Å²) in [6, 6.07) is 4.07. The normalized spacial score (nSPS) is 13.6. The van der Waals surface area contributed by atoms with Crippen LogP contribution in [0, 0.1) is 0 Å². The predicted octanol–water partition coefficient (Wildman–Crippen LogP) is 2.43. The van der Waals surface area contributed by atoms with Crippen molar-refractivity contribution in [1.82, 2.24) is 4.72 Å². The second-order valence-electron chi connectivity index (χ2n) is 3.90. The molecule has 1 aromatic rings. The minimum Gasteiger partial charge on any atom is -0.392 e. The third-order valence-electron chi connectivity index (χ3n) is 2.28. The maximum atomic E-state index is 11.9. The minimum atomic E-state index is -3.70. The quantitative estimate of drug-likeness (QED) is 0.848. The van der Waals surface area contributed by atoms with Gasteiger partial charge in [0.2, 0.25) is 10.0 Å². The van der Waals surface area contributed by atoms with Crippen molar-refractivity contribution in [3.8, 4) is 0 Å². The van der Waals surface area contributed by atoms with E-state index < -0.39 is 16.1 Å². The van der Waals surface area contributed by atoms with E-state index in [4.69, 9.17) is 23.2 Å². The third-order valence-corrected chi connectivity index (χ3v) is 4.12. The van der Waals surface area contributed by atoms with Crippen LogP contribution in [0.1, 0.15) is 19.8 Å². The molecule has 0 fully saturated rings. The standard InChI is InChI=1S/C11H15Cl2NO3S/c1-2-3-10(15)7-14-18(16,17)11-5-8(12)4-9(13)6-11/h4-6,10,14-15H,2-3,7H2,1H3. The van der Waals surface area contributed by atoms with Gasteiger partial charge >= 0.3 is 0 Å². The first-order valence-corrected chi connectivity index (χ1v) is 7.73. The fourth-order valence-corrected chi connectivity index (χ4v) is 3.21. The first-order chi connectivity index (χ1) is 8.35. The average molecular weight is 312 g/mol. The van der Waals surface area contributed by atoms with E-state index in [-0.39, 0.29) is 21.5 Å². The van der Waals surface area contributed by atoms with Gasteiger partial charge in [-0.25, -0.2) is 13.1 Å². The van der Waals surface area contributed by atoms with E-state index >= 15 is 0 Å². The van der Waals surface area contributed by atoms with Gasteiger partial charge in [-0.2, -0.15) is 0 Å². The molecule has 0 saturated heterocycles. The van der Waals surface area contributed by atoms with Crippen molar-refractivity contribution in [3.63, 3.8) is 0 Å². The lowest BCUT2D eigenvalue weighted by Crippen LogP contribution is -2.32. The second kappa shape index (κ2) is 6.73. The van der Waals surface area contributed by atoms with Crippen molar-refractivity contribution in [1.29, 1.82) is 0 Å². The van der Waals surface area contributed by atoms with Gasteiger partial charge in [-0.05, 0) is 24.6 Å². The van der Waals surface area contributed by atoms with Gasteiger partial charge < -0.3 is 5.11 Å². The molecule has 0 spiro atoms. The number of aliphatic hydroxyl groups is 1. The first-order valence-electron chi connectivity index (χ1n) is 5.49. The Bertz CT molecular complexity index is 485. The van der Waals surface area contributed by atoms with E-state index in [0.717, 1.165) is 6.42 Å². The molecule has 0 aliphatic rings. The van der Waals surface area contributed by atoms with Gasteiger partial charge in [0.25, 0.3) is 0 Å². The Morgan fingerprint density at radius 1 is 1.28 bits per heavy atom. The summed E-state index contributed by atoms with van der Waals surface area (Å²) in [5.41, 5.74) is 0. The number of sulfonamides is 1. The molecule has 4 nitrogen and oxygen atoms in total. The SMILES string of the molecule is CCCC(O)CNS(=O)(=O)c1cc(Cl)cc(Cl)c1. The Labute approximate surface area is 117 Å². The maximum Gasteiger partial charge on any atom is 0.240 e. The first kappa shape index (κ1) is 15.7. The minimum absolute atomic E-state index is 0.0105. The van der Waals surface area contributed by atoms with Crippen LogP contribution in [-0.2, 0) is 10.0 Å². The molecule has 1 aromatic carbocycles. The molecule has 0 amide bonds. The van der Waals surface area contributed by atoms with E-state index in [2.05, 4.69) is 4.72 Å². The van der Waals surface area contributed by atoms with Gasteiger partial charge in [0.05, 0.1) is 11.0 Å². The monoisotopic (exact) mass is 311 g/mol. The Hall–Kier alpha value is -0.330. The van der Waals surface area contributed by atoms with Gasteiger partial charge in [0.15, 0.2) is 0 Å². The Morgan fingerprint density at radius 2 is 1.83 bits per heavy atom. The smallest absolute Gasteiger partial charge is 0.240 e. The Balaban J connectivity index is 2.80. The molecular weight excluding hydrogens is 297 g/mol. The lowest BCUT2D eigenvalue weighted by Gasteiger charge is -2.11. The second-order valence-corrected chi connectivity index (χ2v) is 6.54. The topological polar surface area (TPSA) is 66.4 Å². The summed E-state index contributed by atoms with van der Waals surface area (Å²) in [6.45, 7) is 1.88. The molecule has 0 aromatic heterocycles. The highest BCUT2D eigenvalue weighted by Crippen LogP contribution is 2.22. The summed E-state index contributed by atoms with van der Waals surface area (Å²) in [5.74, 6) is 0. The zero-order valence-electron chi connectivity index (χ0n) is 9.86. The van der Waals surface area contributed by atoms with Crippen LogP contribution in [0.15, 0.2) is 23.1 Å². The highest BCUT2D eigenvalue weighted by Gasteiger charge is 2.16. The molecule has 0 radical (unpaired) electrons. The van der Waals surface area contributed by atoms with Crippen molar-refractivity contribution >= 4 is 33.2 Å². The number of halogens is 2. The molecule has 2 N–H and O–H groups in total. The van der Waals surface area contributed by atoms with Gasteiger partial charge in [-0.3, -0.25) is 0 Å². The molecule has 1 unspecified atom stereocenters. The van der Waals surface area contributed by atoms with E-state index in [1.165, 1.54) is 18.2 Å². The van der Waals surface area contributed by atoms with Crippen molar-refractivity contribution in [3.05, 3.63) is 28.2 Å². The predicted molar refractivity (Wildman–Crippen MR) is 72.6 cm³/mol. The van der Waals surface area contributed by atoms with Crippen LogP contribution < -0.4 is 4.72 Å². The molecule has 0 aliphatic carbocycles. The fraction of sp³-hybridized carbons (Fsp3) is 0.455. The van der Waals surface area contributed by atoms with Crippen LogP contribution in [0.5, 0.6) is 0 Å². The molecule has 0 saturated carbocycles. The van der Waals surface area contributed by atoms with Gasteiger partial charge in [0, 0.05) is 16.6 Å². The van der Waals surface area contributed by atoms with Gasteiger partial charge in [-0.15, -0.1) is 0 Å². The molecule has 102 valence electrons. The Morgan fingerprint density at radius 3 is 2.33 bits per heavy atom. The average Bonchev–Trinajstić information content (AvgIpc) is 2.26. The summed E-state index contributed by atoms with van der Waals surface area (Å²) < 4.78 is 26.1. The van der Waals surface area contributed by atoms with E-state index in [1.54, 1.807) is 0 Å². The van der Waals surface area contributed by atoms with Crippen LogP contribution in [-0.4, -0.2) is 26.2 Å². The number of nitrogens with one attached hydrogen (secondary N) is 1. The molecule has 0 aliphatic heterocycles. The van der Waals surface area contributed by atoms with Crippen molar-refractivity contribution in [2.24, 2.45) is 0 Å². The highest BCUT2D eigenvalue weighted by molar-refractivity contribution is 7.89. The zero-order valence-corrected chi connectivity index (χ0v) is 12.2. The summed E-state index contributed by atoms with van der Waals surface area (Å²) in [5, 5.41) is 9.98. The fourth-order valence-electron chi connectivity index (χ4n) is 1.41. The summed E-state index contributed by atoms with van der Waals surface area (Å²) >= 11 is 11.5. The summed E-state index contributed by atoms with van der Waals surface area (Å²) in [7, 11) is -3.70. The number of rotatable bonds is 6. The molecule has 0 bridgehead atoms. The number of hydrogen-bond acceptors (Lipinski definition) is 3. The maximum absolute atomic E-state index is 11.9. The van der Waals surface area contributed by atoms with Crippen LogP contribution in [0.4, 0.5) is 0 Å². The number of benzene rings is 1. The lowest BCUT2D eigenvalue weighted by molar-refractivity contribution is 0.167. The summed E-state index contributed by atoms with van der Waals surface area (Å²) in [6.07, 6.45) is 0.629.